The van der Waals surface area contributed by atoms with Crippen molar-refractivity contribution >= 4 is 17.6 Å². The van der Waals surface area contributed by atoms with Crippen LogP contribution in [0.1, 0.15) is 29.4 Å². The molecule has 1 aromatic carbocycles. The Morgan fingerprint density at radius 1 is 1.16 bits per heavy atom. The minimum absolute atomic E-state index is 0.596. The SMILES string of the molecule is CCc1nc(N)c(C)c(SCc2ccccc2C)n1. The van der Waals surface area contributed by atoms with Crippen LogP contribution in [0.2, 0.25) is 0 Å². The van der Waals surface area contributed by atoms with E-state index in [-0.39, 0.29) is 0 Å². The molecule has 3 nitrogen and oxygen atoms in total. The predicted molar refractivity (Wildman–Crippen MR) is 81.3 cm³/mol. The molecule has 2 aromatic rings. The maximum absolute atomic E-state index is 5.93. The van der Waals surface area contributed by atoms with Crippen molar-refractivity contribution in [3.05, 3.63) is 46.8 Å². The molecule has 0 saturated carbocycles. The Kier molecular flexibility index (Phi) is 4.43. The molecule has 1 heterocycles. The molecule has 0 fully saturated rings. The summed E-state index contributed by atoms with van der Waals surface area (Å²) in [5.41, 5.74) is 9.56. The zero-order valence-corrected chi connectivity index (χ0v) is 12.4. The number of benzene rings is 1. The molecule has 0 aliphatic heterocycles. The number of aryl methyl sites for hydroxylation is 2. The second-order valence-corrected chi connectivity index (χ2v) is 5.49. The van der Waals surface area contributed by atoms with Crippen LogP contribution in [0.3, 0.4) is 0 Å². The molecule has 0 amide bonds. The molecule has 19 heavy (non-hydrogen) atoms. The number of nitrogens with zero attached hydrogens (tertiary/aromatic N) is 2. The minimum Gasteiger partial charge on any atom is -0.383 e. The summed E-state index contributed by atoms with van der Waals surface area (Å²) in [5, 5.41) is 0.993. The van der Waals surface area contributed by atoms with E-state index in [1.54, 1.807) is 11.8 Å². The summed E-state index contributed by atoms with van der Waals surface area (Å²) in [4.78, 5) is 8.85. The molecule has 2 rings (SSSR count). The highest BCUT2D eigenvalue weighted by Crippen LogP contribution is 2.27. The van der Waals surface area contributed by atoms with Gasteiger partial charge in [0.15, 0.2) is 0 Å². The third-order valence-corrected chi connectivity index (χ3v) is 4.25. The molecule has 0 spiro atoms. The van der Waals surface area contributed by atoms with E-state index < -0.39 is 0 Å². The summed E-state index contributed by atoms with van der Waals surface area (Å²) in [6.07, 6.45) is 0.808. The summed E-state index contributed by atoms with van der Waals surface area (Å²) in [6, 6.07) is 8.42. The van der Waals surface area contributed by atoms with Crippen LogP contribution >= 0.6 is 11.8 Å². The lowest BCUT2D eigenvalue weighted by Gasteiger charge is -2.10. The van der Waals surface area contributed by atoms with Crippen molar-refractivity contribution in [3.8, 4) is 0 Å². The van der Waals surface area contributed by atoms with Crippen molar-refractivity contribution in [2.24, 2.45) is 0 Å². The van der Waals surface area contributed by atoms with Gasteiger partial charge >= 0.3 is 0 Å². The molecule has 0 aliphatic rings. The van der Waals surface area contributed by atoms with Gasteiger partial charge in [0.1, 0.15) is 16.7 Å². The van der Waals surface area contributed by atoms with Gasteiger partial charge in [-0.05, 0) is 25.0 Å². The Hall–Kier alpha value is -1.55. The van der Waals surface area contributed by atoms with Gasteiger partial charge in [-0.2, -0.15) is 0 Å². The highest BCUT2D eigenvalue weighted by molar-refractivity contribution is 7.98. The van der Waals surface area contributed by atoms with Gasteiger partial charge in [0.05, 0.1) is 0 Å². The standard InChI is InChI=1S/C15H19N3S/c1-4-13-17-14(16)11(3)15(18-13)19-9-12-8-6-5-7-10(12)2/h5-8H,4,9H2,1-3H3,(H2,16,17,18). The van der Waals surface area contributed by atoms with Crippen LogP contribution in [-0.2, 0) is 12.2 Å². The van der Waals surface area contributed by atoms with E-state index in [9.17, 15) is 0 Å². The third-order valence-electron chi connectivity index (χ3n) is 3.13. The lowest BCUT2D eigenvalue weighted by atomic mass is 10.1. The molecule has 1 aromatic heterocycles. The molecule has 0 saturated heterocycles. The van der Waals surface area contributed by atoms with Crippen molar-refractivity contribution in [1.82, 2.24) is 9.97 Å². The highest BCUT2D eigenvalue weighted by atomic mass is 32.2. The maximum atomic E-state index is 5.93. The van der Waals surface area contributed by atoms with Crippen LogP contribution in [0.15, 0.2) is 29.3 Å². The molecule has 0 atom stereocenters. The van der Waals surface area contributed by atoms with Crippen LogP contribution in [0.4, 0.5) is 5.82 Å². The third kappa shape index (κ3) is 3.26. The number of thioether (sulfide) groups is 1. The van der Waals surface area contributed by atoms with Gasteiger partial charge in [0, 0.05) is 17.7 Å². The number of nitrogens with two attached hydrogens (primary N) is 1. The first kappa shape index (κ1) is 13.9. The number of rotatable bonds is 4. The first-order valence-electron chi connectivity index (χ1n) is 6.42. The Bertz CT molecular complexity index is 582. The van der Waals surface area contributed by atoms with Crippen molar-refractivity contribution in [1.29, 1.82) is 0 Å². The fourth-order valence-electron chi connectivity index (χ4n) is 1.78. The minimum atomic E-state index is 0.596. The second kappa shape index (κ2) is 6.06. The van der Waals surface area contributed by atoms with Crippen LogP contribution < -0.4 is 5.73 Å². The molecule has 0 unspecified atom stereocenters. The number of aromatic nitrogens is 2. The Labute approximate surface area is 118 Å². The molecular formula is C15H19N3S. The van der Waals surface area contributed by atoms with Crippen LogP contribution in [0, 0.1) is 13.8 Å². The fraction of sp³-hybridized carbons (Fsp3) is 0.333. The second-order valence-electron chi connectivity index (χ2n) is 4.52. The monoisotopic (exact) mass is 273 g/mol. The lowest BCUT2D eigenvalue weighted by molar-refractivity contribution is 0.878. The van der Waals surface area contributed by atoms with E-state index in [4.69, 9.17) is 5.73 Å². The van der Waals surface area contributed by atoms with Gasteiger partial charge in [0.2, 0.25) is 0 Å². The van der Waals surface area contributed by atoms with E-state index in [0.717, 1.165) is 28.6 Å². The van der Waals surface area contributed by atoms with E-state index in [1.807, 2.05) is 13.8 Å². The summed E-state index contributed by atoms with van der Waals surface area (Å²) in [7, 11) is 0. The van der Waals surface area contributed by atoms with Gasteiger partial charge in [-0.25, -0.2) is 9.97 Å². The van der Waals surface area contributed by atoms with Crippen molar-refractivity contribution in [3.63, 3.8) is 0 Å². The number of hydrogen-bond donors (Lipinski definition) is 1. The highest BCUT2D eigenvalue weighted by Gasteiger charge is 2.09. The molecule has 0 bridgehead atoms. The first-order chi connectivity index (χ1) is 9.11. The maximum Gasteiger partial charge on any atom is 0.131 e. The number of anilines is 1. The van der Waals surface area contributed by atoms with Crippen molar-refractivity contribution < 1.29 is 0 Å². The Balaban J connectivity index is 2.20. The van der Waals surface area contributed by atoms with Crippen LogP contribution in [0.5, 0.6) is 0 Å². The van der Waals surface area contributed by atoms with E-state index >= 15 is 0 Å². The van der Waals surface area contributed by atoms with E-state index in [1.165, 1.54) is 11.1 Å². The Morgan fingerprint density at radius 3 is 2.58 bits per heavy atom. The summed E-state index contributed by atoms with van der Waals surface area (Å²) in [5.74, 6) is 2.32. The quantitative estimate of drug-likeness (QED) is 0.684. The van der Waals surface area contributed by atoms with E-state index in [2.05, 4.69) is 41.2 Å². The van der Waals surface area contributed by atoms with Gasteiger partial charge < -0.3 is 5.73 Å². The number of hydrogen-bond acceptors (Lipinski definition) is 4. The molecule has 0 aliphatic carbocycles. The van der Waals surface area contributed by atoms with Crippen LogP contribution in [0.25, 0.3) is 0 Å². The average Bonchev–Trinajstić information content (AvgIpc) is 2.42. The fourth-order valence-corrected chi connectivity index (χ4v) is 2.88. The zero-order valence-electron chi connectivity index (χ0n) is 11.6. The summed E-state index contributed by atoms with van der Waals surface area (Å²) >= 11 is 1.73. The smallest absolute Gasteiger partial charge is 0.131 e. The van der Waals surface area contributed by atoms with Gasteiger partial charge in [-0.3, -0.25) is 0 Å². The molecule has 4 heteroatoms. The number of nitrogen functional groups attached to an aromatic ring is 1. The predicted octanol–water partition coefficient (Wildman–Crippen LogP) is 3.53. The largest absolute Gasteiger partial charge is 0.383 e. The zero-order chi connectivity index (χ0) is 13.8. The molecule has 100 valence electrons. The molecular weight excluding hydrogens is 254 g/mol. The van der Waals surface area contributed by atoms with Crippen molar-refractivity contribution in [2.45, 2.75) is 38.0 Å². The van der Waals surface area contributed by atoms with E-state index in [0.29, 0.717) is 5.82 Å². The molecule has 2 N–H and O–H groups in total. The first-order valence-corrected chi connectivity index (χ1v) is 7.40. The lowest BCUT2D eigenvalue weighted by Crippen LogP contribution is -2.03. The van der Waals surface area contributed by atoms with Gasteiger partial charge in [0.25, 0.3) is 0 Å². The summed E-state index contributed by atoms with van der Waals surface area (Å²) in [6.45, 7) is 6.16. The van der Waals surface area contributed by atoms with Crippen LogP contribution in [-0.4, -0.2) is 9.97 Å². The topological polar surface area (TPSA) is 51.8 Å². The van der Waals surface area contributed by atoms with Crippen molar-refractivity contribution in [2.75, 3.05) is 5.73 Å². The van der Waals surface area contributed by atoms with Gasteiger partial charge in [-0.15, -0.1) is 11.8 Å². The summed E-state index contributed by atoms with van der Waals surface area (Å²) < 4.78 is 0. The van der Waals surface area contributed by atoms with Gasteiger partial charge in [-0.1, -0.05) is 31.2 Å². The molecule has 0 radical (unpaired) electrons. The average molecular weight is 273 g/mol. The Morgan fingerprint density at radius 2 is 1.89 bits per heavy atom. The normalized spacial score (nSPS) is 10.7.